The highest BCUT2D eigenvalue weighted by Crippen LogP contribution is 2.27. The minimum absolute atomic E-state index is 0.0116. The third-order valence-electron chi connectivity index (χ3n) is 2.47. The predicted molar refractivity (Wildman–Crippen MR) is 91.7 cm³/mol. The van der Waals surface area contributed by atoms with Gasteiger partial charge in [-0.25, -0.2) is 9.97 Å². The normalized spacial score (nSPS) is 11.0. The number of amides is 1. The van der Waals surface area contributed by atoms with E-state index in [4.69, 9.17) is 34.0 Å². The number of hydrogen-bond donors (Lipinski definition) is 2. The fourth-order valence-electron chi connectivity index (χ4n) is 1.45. The van der Waals surface area contributed by atoms with E-state index in [0.29, 0.717) is 22.7 Å². The summed E-state index contributed by atoms with van der Waals surface area (Å²) in [5, 5.41) is 9.09. The molecule has 0 aliphatic carbocycles. The van der Waals surface area contributed by atoms with Gasteiger partial charge in [-0.1, -0.05) is 29.3 Å². The molecule has 2 aromatic rings. The molecule has 0 unspecified atom stereocenters. The van der Waals surface area contributed by atoms with Crippen LogP contribution < -0.4 is 5.73 Å². The molecule has 1 amide bonds. The molecule has 0 aliphatic heterocycles. The van der Waals surface area contributed by atoms with E-state index in [1.165, 1.54) is 6.33 Å². The number of aliphatic imine (C=N–C) groups is 1. The zero-order chi connectivity index (χ0) is 17.2. The zero-order valence-corrected chi connectivity index (χ0v) is 13.7. The number of carbonyl (C=O) groups excluding carboxylic acids is 1. The molecule has 0 radical (unpaired) electrons. The topological polar surface area (TPSA) is 101 Å². The summed E-state index contributed by atoms with van der Waals surface area (Å²) in [6.07, 6.45) is 3.65. The van der Waals surface area contributed by atoms with E-state index in [9.17, 15) is 4.79 Å². The number of rotatable bonds is 3. The number of carbonyl (C=O) groups is 1. The number of aromatic nitrogens is 2. The Labute approximate surface area is 143 Å². The van der Waals surface area contributed by atoms with Crippen molar-refractivity contribution in [3.05, 3.63) is 58.7 Å². The first-order valence-corrected chi connectivity index (χ1v) is 7.05. The SMILES string of the molecule is Cc1cc(-c2ccc(Cl)c(Cl)c2)ncn1.NC(/C=C\O)=NC=O. The third-order valence-corrected chi connectivity index (χ3v) is 3.21. The van der Waals surface area contributed by atoms with Crippen LogP contribution in [-0.4, -0.2) is 27.3 Å². The number of aliphatic hydroxyl groups is 1. The van der Waals surface area contributed by atoms with Crippen LogP contribution in [0, 0.1) is 6.92 Å². The van der Waals surface area contributed by atoms with Crippen LogP contribution in [0.5, 0.6) is 0 Å². The maximum Gasteiger partial charge on any atom is 0.234 e. The smallest absolute Gasteiger partial charge is 0.234 e. The summed E-state index contributed by atoms with van der Waals surface area (Å²) in [6, 6.07) is 7.35. The first-order chi connectivity index (χ1) is 11.0. The summed E-state index contributed by atoms with van der Waals surface area (Å²) >= 11 is 11.8. The molecule has 0 saturated carbocycles. The van der Waals surface area contributed by atoms with Gasteiger partial charge < -0.3 is 10.8 Å². The Morgan fingerprint density at radius 3 is 2.57 bits per heavy atom. The van der Waals surface area contributed by atoms with Crippen molar-refractivity contribution in [2.45, 2.75) is 6.92 Å². The monoisotopic (exact) mass is 352 g/mol. The van der Waals surface area contributed by atoms with Crippen molar-refractivity contribution in [2.24, 2.45) is 10.7 Å². The van der Waals surface area contributed by atoms with E-state index >= 15 is 0 Å². The van der Waals surface area contributed by atoms with E-state index in [-0.39, 0.29) is 5.84 Å². The van der Waals surface area contributed by atoms with Crippen molar-refractivity contribution in [3.63, 3.8) is 0 Å². The molecular weight excluding hydrogens is 339 g/mol. The molecule has 0 saturated heterocycles. The lowest BCUT2D eigenvalue weighted by Crippen LogP contribution is -2.07. The number of aliphatic hydroxyl groups excluding tert-OH is 1. The maximum atomic E-state index is 9.51. The van der Waals surface area contributed by atoms with Gasteiger partial charge in [0.25, 0.3) is 0 Å². The van der Waals surface area contributed by atoms with Crippen molar-refractivity contribution in [2.75, 3.05) is 0 Å². The van der Waals surface area contributed by atoms with Gasteiger partial charge in [-0.2, -0.15) is 4.99 Å². The minimum Gasteiger partial charge on any atom is -0.515 e. The van der Waals surface area contributed by atoms with Crippen LogP contribution in [0.25, 0.3) is 11.3 Å². The van der Waals surface area contributed by atoms with Crippen LogP contribution in [0.4, 0.5) is 0 Å². The molecule has 1 aromatic heterocycles. The second kappa shape index (κ2) is 9.55. The van der Waals surface area contributed by atoms with E-state index in [2.05, 4.69) is 15.0 Å². The van der Waals surface area contributed by atoms with Gasteiger partial charge in [-0.15, -0.1) is 0 Å². The van der Waals surface area contributed by atoms with Crippen molar-refractivity contribution >= 4 is 35.4 Å². The van der Waals surface area contributed by atoms with Crippen LogP contribution in [0.3, 0.4) is 0 Å². The number of hydrogen-bond acceptors (Lipinski definition) is 4. The van der Waals surface area contributed by atoms with Gasteiger partial charge in [0, 0.05) is 17.3 Å². The van der Waals surface area contributed by atoms with E-state index in [1.54, 1.807) is 12.1 Å². The summed E-state index contributed by atoms with van der Waals surface area (Å²) in [6.45, 7) is 1.92. The molecule has 0 fully saturated rings. The fraction of sp³-hybridized carbons (Fsp3) is 0.0667. The van der Waals surface area contributed by atoms with E-state index in [0.717, 1.165) is 23.0 Å². The Kier molecular flexibility index (Phi) is 7.73. The largest absolute Gasteiger partial charge is 0.515 e. The van der Waals surface area contributed by atoms with Crippen LogP contribution in [0.15, 0.2) is 47.9 Å². The summed E-state index contributed by atoms with van der Waals surface area (Å²) in [5.74, 6) is -0.0116. The number of nitrogens with zero attached hydrogens (tertiary/aromatic N) is 3. The predicted octanol–water partition coefficient (Wildman–Crippen LogP) is 3.33. The summed E-state index contributed by atoms with van der Waals surface area (Å²) in [7, 11) is 0. The summed E-state index contributed by atoms with van der Waals surface area (Å²) in [4.78, 5) is 20.8. The average molecular weight is 353 g/mol. The molecule has 3 N–H and O–H groups in total. The lowest BCUT2D eigenvalue weighted by atomic mass is 10.1. The van der Waals surface area contributed by atoms with Crippen molar-refractivity contribution in [1.82, 2.24) is 9.97 Å². The number of aryl methyl sites for hydroxylation is 1. The van der Waals surface area contributed by atoms with Crippen LogP contribution in [0.1, 0.15) is 5.69 Å². The molecule has 0 aliphatic rings. The lowest BCUT2D eigenvalue weighted by molar-refractivity contribution is -0.106. The second-order valence-corrected chi connectivity index (χ2v) is 4.96. The molecule has 120 valence electrons. The van der Waals surface area contributed by atoms with E-state index < -0.39 is 0 Å². The Balaban J connectivity index is 0.000000284. The summed E-state index contributed by atoms with van der Waals surface area (Å²) in [5.41, 5.74) is 7.68. The Morgan fingerprint density at radius 1 is 1.26 bits per heavy atom. The summed E-state index contributed by atoms with van der Waals surface area (Å²) < 4.78 is 0. The molecule has 0 atom stereocenters. The molecule has 6 nitrogen and oxygen atoms in total. The lowest BCUT2D eigenvalue weighted by Gasteiger charge is -2.02. The fourth-order valence-corrected chi connectivity index (χ4v) is 1.75. The molecule has 23 heavy (non-hydrogen) atoms. The quantitative estimate of drug-likeness (QED) is 0.381. The van der Waals surface area contributed by atoms with Gasteiger partial charge in [-0.05, 0) is 25.1 Å². The third kappa shape index (κ3) is 6.46. The molecule has 0 bridgehead atoms. The van der Waals surface area contributed by atoms with Gasteiger partial charge in [0.2, 0.25) is 6.41 Å². The van der Waals surface area contributed by atoms with Gasteiger partial charge in [0.05, 0.1) is 22.0 Å². The highest BCUT2D eigenvalue weighted by atomic mass is 35.5. The Morgan fingerprint density at radius 2 is 2.00 bits per heavy atom. The highest BCUT2D eigenvalue weighted by molar-refractivity contribution is 6.42. The maximum absolute atomic E-state index is 9.51. The van der Waals surface area contributed by atoms with Gasteiger partial charge in [-0.3, -0.25) is 4.79 Å². The van der Waals surface area contributed by atoms with Crippen LogP contribution in [0.2, 0.25) is 10.0 Å². The number of benzene rings is 1. The number of halogens is 2. The second-order valence-electron chi connectivity index (χ2n) is 4.15. The highest BCUT2D eigenvalue weighted by Gasteiger charge is 2.03. The molecule has 2 rings (SSSR count). The number of nitrogens with two attached hydrogens (primary N) is 1. The molecule has 8 heteroatoms. The molecule has 0 spiro atoms. The Hall–Kier alpha value is -2.44. The van der Waals surface area contributed by atoms with Crippen molar-refractivity contribution in [1.29, 1.82) is 0 Å². The Bertz CT molecular complexity index is 733. The van der Waals surface area contributed by atoms with Crippen molar-refractivity contribution < 1.29 is 9.90 Å². The van der Waals surface area contributed by atoms with Crippen molar-refractivity contribution in [3.8, 4) is 11.3 Å². The molecule has 1 aromatic carbocycles. The minimum atomic E-state index is -0.0116. The first-order valence-electron chi connectivity index (χ1n) is 6.29. The van der Waals surface area contributed by atoms with Gasteiger partial charge in [0.15, 0.2) is 0 Å². The zero-order valence-electron chi connectivity index (χ0n) is 12.1. The number of amidine groups is 1. The molecule has 1 heterocycles. The van der Waals surface area contributed by atoms with Crippen LogP contribution in [-0.2, 0) is 4.79 Å². The van der Waals surface area contributed by atoms with E-state index in [1.807, 2.05) is 19.1 Å². The first kappa shape index (κ1) is 18.6. The van der Waals surface area contributed by atoms with Gasteiger partial charge in [0.1, 0.15) is 12.2 Å². The molecular formula is C15H14Cl2N4O2. The van der Waals surface area contributed by atoms with Gasteiger partial charge >= 0.3 is 0 Å². The standard InChI is InChI=1S/C11H8Cl2N2.C4H6N2O2/c1-7-4-11(15-6-14-7)8-2-3-9(12)10(13)5-8;5-4(1-2-7)6-3-8/h2-6H,1H3;1-3,7H,(H2,5,6,8)/b;2-1-. The average Bonchev–Trinajstić information content (AvgIpc) is 2.51. The van der Waals surface area contributed by atoms with Crippen LogP contribution >= 0.6 is 23.2 Å².